The van der Waals surface area contributed by atoms with E-state index in [2.05, 4.69) is 29.3 Å². The standard InChI is InChI=1S/C17H28N2O2/c1-2-12-21-17-7-5-15(6-8-17)13-19(10-11-20)14-16-4-3-9-18-16/h5-8,16,18,20H,2-4,9-14H2,1H3. The summed E-state index contributed by atoms with van der Waals surface area (Å²) in [6, 6.07) is 8.89. The van der Waals surface area contributed by atoms with Crippen LogP contribution in [0.3, 0.4) is 0 Å². The number of aliphatic hydroxyl groups is 1. The van der Waals surface area contributed by atoms with Crippen molar-refractivity contribution in [3.8, 4) is 5.75 Å². The van der Waals surface area contributed by atoms with E-state index in [1.54, 1.807) is 0 Å². The van der Waals surface area contributed by atoms with E-state index in [4.69, 9.17) is 4.74 Å². The molecule has 1 aliphatic heterocycles. The molecule has 0 aromatic heterocycles. The first-order valence-electron chi connectivity index (χ1n) is 8.10. The lowest BCUT2D eigenvalue weighted by molar-refractivity contribution is 0.179. The van der Waals surface area contributed by atoms with Gasteiger partial charge in [-0.3, -0.25) is 4.90 Å². The number of hydrogen-bond donors (Lipinski definition) is 2. The fourth-order valence-corrected chi connectivity index (χ4v) is 2.77. The highest BCUT2D eigenvalue weighted by Gasteiger charge is 2.17. The molecule has 1 heterocycles. The van der Waals surface area contributed by atoms with Crippen molar-refractivity contribution in [1.29, 1.82) is 0 Å². The Morgan fingerprint density at radius 3 is 2.76 bits per heavy atom. The van der Waals surface area contributed by atoms with Gasteiger partial charge in [0.25, 0.3) is 0 Å². The molecule has 1 aromatic carbocycles. The summed E-state index contributed by atoms with van der Waals surface area (Å²) in [5, 5.41) is 12.8. The molecule has 2 N–H and O–H groups in total. The van der Waals surface area contributed by atoms with Gasteiger partial charge in [-0.2, -0.15) is 0 Å². The van der Waals surface area contributed by atoms with Crippen LogP contribution in [0, 0.1) is 0 Å². The van der Waals surface area contributed by atoms with E-state index < -0.39 is 0 Å². The molecule has 118 valence electrons. The minimum absolute atomic E-state index is 0.213. The number of rotatable bonds is 9. The molecule has 21 heavy (non-hydrogen) atoms. The Bertz CT molecular complexity index is 388. The van der Waals surface area contributed by atoms with Crippen molar-refractivity contribution in [3.63, 3.8) is 0 Å². The summed E-state index contributed by atoms with van der Waals surface area (Å²) in [6.07, 6.45) is 3.53. The minimum atomic E-state index is 0.213. The molecule has 0 spiro atoms. The number of aliphatic hydroxyl groups excluding tert-OH is 1. The Morgan fingerprint density at radius 1 is 1.33 bits per heavy atom. The number of benzene rings is 1. The average molecular weight is 292 g/mol. The largest absolute Gasteiger partial charge is 0.494 e. The first kappa shape index (κ1) is 16.3. The number of nitrogens with zero attached hydrogens (tertiary/aromatic N) is 1. The van der Waals surface area contributed by atoms with E-state index >= 15 is 0 Å². The van der Waals surface area contributed by atoms with Crippen LogP contribution in [0.15, 0.2) is 24.3 Å². The maximum atomic E-state index is 9.25. The Labute approximate surface area is 128 Å². The Kier molecular flexibility index (Phi) is 7.00. The second-order valence-electron chi connectivity index (χ2n) is 5.74. The van der Waals surface area contributed by atoms with E-state index in [0.29, 0.717) is 6.04 Å². The van der Waals surface area contributed by atoms with Crippen molar-refractivity contribution < 1.29 is 9.84 Å². The lowest BCUT2D eigenvalue weighted by Gasteiger charge is -2.25. The average Bonchev–Trinajstić information content (AvgIpc) is 3.00. The Balaban J connectivity index is 1.86. The maximum Gasteiger partial charge on any atom is 0.119 e. The van der Waals surface area contributed by atoms with Crippen molar-refractivity contribution in [1.82, 2.24) is 10.2 Å². The van der Waals surface area contributed by atoms with Crippen LogP contribution in [0.5, 0.6) is 5.75 Å². The summed E-state index contributed by atoms with van der Waals surface area (Å²) in [6.45, 7) is 6.83. The molecule has 1 aromatic rings. The Morgan fingerprint density at radius 2 is 2.14 bits per heavy atom. The summed E-state index contributed by atoms with van der Waals surface area (Å²) >= 11 is 0. The van der Waals surface area contributed by atoms with Crippen molar-refractivity contribution in [2.75, 3.05) is 32.8 Å². The van der Waals surface area contributed by atoms with Gasteiger partial charge in [-0.25, -0.2) is 0 Å². The van der Waals surface area contributed by atoms with Crippen LogP contribution >= 0.6 is 0 Å². The smallest absolute Gasteiger partial charge is 0.119 e. The van der Waals surface area contributed by atoms with Crippen LogP contribution in [0.4, 0.5) is 0 Å². The van der Waals surface area contributed by atoms with Crippen LogP contribution in [0.1, 0.15) is 31.7 Å². The van der Waals surface area contributed by atoms with E-state index in [-0.39, 0.29) is 6.61 Å². The normalized spacial score (nSPS) is 18.3. The molecule has 1 unspecified atom stereocenters. The van der Waals surface area contributed by atoms with Crippen molar-refractivity contribution in [2.45, 2.75) is 38.8 Å². The minimum Gasteiger partial charge on any atom is -0.494 e. The molecule has 0 bridgehead atoms. The highest BCUT2D eigenvalue weighted by atomic mass is 16.5. The molecule has 1 aliphatic rings. The predicted octanol–water partition coefficient (Wildman–Crippen LogP) is 2.02. The Hall–Kier alpha value is -1.10. The molecule has 1 atom stereocenters. The SMILES string of the molecule is CCCOc1ccc(CN(CCO)CC2CCCN2)cc1. The van der Waals surface area contributed by atoms with Crippen LogP contribution in [-0.2, 0) is 6.54 Å². The van der Waals surface area contributed by atoms with Gasteiger partial charge in [0.1, 0.15) is 5.75 Å². The van der Waals surface area contributed by atoms with Crippen LogP contribution in [-0.4, -0.2) is 48.9 Å². The zero-order valence-electron chi connectivity index (χ0n) is 13.1. The second kappa shape index (κ2) is 9.03. The summed E-state index contributed by atoms with van der Waals surface area (Å²) < 4.78 is 5.61. The molecule has 1 fully saturated rings. The number of nitrogens with one attached hydrogen (secondary N) is 1. The van der Waals surface area contributed by atoms with E-state index in [1.165, 1.54) is 18.4 Å². The lowest BCUT2D eigenvalue weighted by atomic mass is 10.1. The third-order valence-corrected chi connectivity index (χ3v) is 3.86. The summed E-state index contributed by atoms with van der Waals surface area (Å²) in [7, 11) is 0. The predicted molar refractivity (Wildman–Crippen MR) is 85.6 cm³/mol. The number of ether oxygens (including phenoxy) is 1. The molecule has 0 aliphatic carbocycles. The quantitative estimate of drug-likeness (QED) is 0.731. The van der Waals surface area contributed by atoms with E-state index in [9.17, 15) is 5.11 Å². The number of hydrogen-bond acceptors (Lipinski definition) is 4. The molecular weight excluding hydrogens is 264 g/mol. The third kappa shape index (κ3) is 5.65. The first-order valence-corrected chi connectivity index (χ1v) is 8.10. The molecule has 2 rings (SSSR count). The van der Waals surface area contributed by atoms with Gasteiger partial charge in [0.05, 0.1) is 13.2 Å². The highest BCUT2D eigenvalue weighted by molar-refractivity contribution is 5.27. The van der Waals surface area contributed by atoms with Gasteiger partial charge in [-0.15, -0.1) is 0 Å². The molecule has 0 amide bonds. The molecule has 4 nitrogen and oxygen atoms in total. The maximum absolute atomic E-state index is 9.25. The molecular formula is C17H28N2O2. The lowest BCUT2D eigenvalue weighted by Crippen LogP contribution is -2.38. The molecule has 1 saturated heterocycles. The zero-order chi connectivity index (χ0) is 14.9. The molecule has 4 heteroatoms. The topological polar surface area (TPSA) is 44.7 Å². The highest BCUT2D eigenvalue weighted by Crippen LogP contribution is 2.15. The van der Waals surface area contributed by atoms with Gasteiger partial charge in [0, 0.05) is 25.7 Å². The fraction of sp³-hybridized carbons (Fsp3) is 0.647. The van der Waals surface area contributed by atoms with Crippen LogP contribution in [0.2, 0.25) is 0 Å². The van der Waals surface area contributed by atoms with E-state index in [0.717, 1.165) is 45.0 Å². The molecule has 0 radical (unpaired) electrons. The van der Waals surface area contributed by atoms with Crippen molar-refractivity contribution in [3.05, 3.63) is 29.8 Å². The zero-order valence-corrected chi connectivity index (χ0v) is 13.1. The van der Waals surface area contributed by atoms with Crippen molar-refractivity contribution in [2.24, 2.45) is 0 Å². The van der Waals surface area contributed by atoms with Gasteiger partial charge in [0.2, 0.25) is 0 Å². The first-order chi connectivity index (χ1) is 10.3. The van der Waals surface area contributed by atoms with Gasteiger partial charge in [0.15, 0.2) is 0 Å². The third-order valence-electron chi connectivity index (χ3n) is 3.86. The summed E-state index contributed by atoms with van der Waals surface area (Å²) in [4.78, 5) is 2.32. The second-order valence-corrected chi connectivity index (χ2v) is 5.74. The molecule has 0 saturated carbocycles. The van der Waals surface area contributed by atoms with E-state index in [1.807, 2.05) is 12.1 Å². The van der Waals surface area contributed by atoms with Gasteiger partial charge in [-0.1, -0.05) is 19.1 Å². The fourth-order valence-electron chi connectivity index (χ4n) is 2.77. The van der Waals surface area contributed by atoms with Gasteiger partial charge < -0.3 is 15.2 Å². The van der Waals surface area contributed by atoms with Crippen molar-refractivity contribution >= 4 is 0 Å². The van der Waals surface area contributed by atoms with Crippen LogP contribution < -0.4 is 10.1 Å². The van der Waals surface area contributed by atoms with Gasteiger partial charge in [-0.05, 0) is 43.5 Å². The summed E-state index contributed by atoms with van der Waals surface area (Å²) in [5.74, 6) is 0.937. The van der Waals surface area contributed by atoms with Crippen LogP contribution in [0.25, 0.3) is 0 Å². The summed E-state index contributed by atoms with van der Waals surface area (Å²) in [5.41, 5.74) is 1.27. The van der Waals surface area contributed by atoms with Gasteiger partial charge >= 0.3 is 0 Å². The monoisotopic (exact) mass is 292 g/mol.